The van der Waals surface area contributed by atoms with Crippen LogP contribution in [0.3, 0.4) is 0 Å². The van der Waals surface area contributed by atoms with E-state index in [0.29, 0.717) is 22.1 Å². The second-order valence-corrected chi connectivity index (χ2v) is 5.59. The molecule has 0 saturated carbocycles. The van der Waals surface area contributed by atoms with Crippen molar-refractivity contribution in [3.05, 3.63) is 76.3 Å². The smallest absolute Gasteiger partial charge is 0.442 e. The first kappa shape index (κ1) is 14.9. The molecule has 0 aliphatic rings. The Balaban J connectivity index is 2.04. The molecule has 0 fully saturated rings. The number of nitro groups is 1. The zero-order valence-corrected chi connectivity index (χ0v) is 12.8. The monoisotopic (exact) mass is 333 g/mol. The largest absolute Gasteiger partial charge is 0.478 e. The number of carboxylic acids is 1. The molecule has 122 valence electrons. The van der Waals surface area contributed by atoms with Crippen LogP contribution in [0.25, 0.3) is 32.9 Å². The number of nitrogens with zero attached hydrogens (tertiary/aromatic N) is 1. The standard InChI is InChI=1S/C19H11NO5/c21-19(22)13-7-5-12(6-8-13)16-15-10-9-11-3-1-2-4-14(11)17(15)25-18(16)20(23)24/h1-10H,(H,21,22). The summed E-state index contributed by atoms with van der Waals surface area (Å²) in [5.74, 6) is -1.40. The van der Waals surface area contributed by atoms with E-state index in [9.17, 15) is 14.9 Å². The number of fused-ring (bicyclic) bond motifs is 3. The van der Waals surface area contributed by atoms with Crippen LogP contribution < -0.4 is 0 Å². The zero-order chi connectivity index (χ0) is 17.6. The molecule has 6 heteroatoms. The summed E-state index contributed by atoms with van der Waals surface area (Å²) in [6.45, 7) is 0. The summed E-state index contributed by atoms with van der Waals surface area (Å²) in [7, 11) is 0. The Morgan fingerprint density at radius 1 is 0.960 bits per heavy atom. The third kappa shape index (κ3) is 2.31. The molecule has 0 unspecified atom stereocenters. The van der Waals surface area contributed by atoms with Gasteiger partial charge in [-0.15, -0.1) is 0 Å². The molecule has 1 N–H and O–H groups in total. The molecule has 4 rings (SSSR count). The zero-order valence-electron chi connectivity index (χ0n) is 12.8. The molecule has 0 bridgehead atoms. The van der Waals surface area contributed by atoms with Gasteiger partial charge in [0.2, 0.25) is 0 Å². The van der Waals surface area contributed by atoms with Crippen LogP contribution in [0.5, 0.6) is 0 Å². The summed E-state index contributed by atoms with van der Waals surface area (Å²) < 4.78 is 5.59. The van der Waals surface area contributed by atoms with Crippen molar-refractivity contribution < 1.29 is 19.2 Å². The van der Waals surface area contributed by atoms with E-state index in [0.717, 1.165) is 10.8 Å². The number of carbonyl (C=O) groups is 1. The van der Waals surface area contributed by atoms with E-state index in [1.165, 1.54) is 12.1 Å². The molecule has 0 radical (unpaired) electrons. The van der Waals surface area contributed by atoms with Crippen molar-refractivity contribution >= 4 is 33.6 Å². The van der Waals surface area contributed by atoms with Crippen molar-refractivity contribution in [1.82, 2.24) is 0 Å². The molecule has 0 spiro atoms. The quantitative estimate of drug-likeness (QED) is 0.427. The molecule has 4 aromatic rings. The number of furan rings is 1. The summed E-state index contributed by atoms with van der Waals surface area (Å²) in [6.07, 6.45) is 0. The normalized spacial score (nSPS) is 11.0. The van der Waals surface area contributed by atoms with Crippen LogP contribution in [-0.4, -0.2) is 16.0 Å². The van der Waals surface area contributed by atoms with E-state index in [2.05, 4.69) is 0 Å². The summed E-state index contributed by atoms with van der Waals surface area (Å²) in [4.78, 5) is 21.9. The number of aromatic carboxylic acids is 1. The Bertz CT molecular complexity index is 1140. The van der Waals surface area contributed by atoms with Crippen LogP contribution in [0.15, 0.2) is 65.1 Å². The average Bonchev–Trinajstić information content (AvgIpc) is 3.02. The Morgan fingerprint density at radius 2 is 1.68 bits per heavy atom. The van der Waals surface area contributed by atoms with Gasteiger partial charge < -0.3 is 9.52 Å². The minimum atomic E-state index is -1.05. The third-order valence-electron chi connectivity index (χ3n) is 4.15. The van der Waals surface area contributed by atoms with Crippen molar-refractivity contribution in [3.63, 3.8) is 0 Å². The van der Waals surface area contributed by atoms with E-state index in [4.69, 9.17) is 9.52 Å². The molecule has 25 heavy (non-hydrogen) atoms. The van der Waals surface area contributed by atoms with Crippen LogP contribution in [0, 0.1) is 10.1 Å². The Morgan fingerprint density at radius 3 is 2.36 bits per heavy atom. The fraction of sp³-hybridized carbons (Fsp3) is 0. The first-order chi connectivity index (χ1) is 12.1. The number of hydrogen-bond acceptors (Lipinski definition) is 4. The highest BCUT2D eigenvalue weighted by atomic mass is 16.6. The van der Waals surface area contributed by atoms with E-state index in [1.807, 2.05) is 30.3 Å². The van der Waals surface area contributed by atoms with E-state index >= 15 is 0 Å². The topological polar surface area (TPSA) is 93.6 Å². The predicted octanol–water partition coefficient (Wildman–Crippen LogP) is 4.86. The fourth-order valence-corrected chi connectivity index (χ4v) is 3.00. The first-order valence-corrected chi connectivity index (χ1v) is 7.48. The molecule has 0 saturated heterocycles. The van der Waals surface area contributed by atoms with Gasteiger partial charge in [0, 0.05) is 10.8 Å². The Hall–Kier alpha value is -3.67. The number of rotatable bonds is 3. The molecule has 1 heterocycles. The van der Waals surface area contributed by atoms with Gasteiger partial charge in [-0.05, 0) is 29.1 Å². The summed E-state index contributed by atoms with van der Waals surface area (Å²) in [5.41, 5.74) is 1.44. The third-order valence-corrected chi connectivity index (χ3v) is 4.15. The molecule has 0 atom stereocenters. The van der Waals surface area contributed by atoms with E-state index in [-0.39, 0.29) is 11.4 Å². The lowest BCUT2D eigenvalue weighted by Crippen LogP contribution is -1.95. The maximum Gasteiger partial charge on any atom is 0.442 e. The van der Waals surface area contributed by atoms with Crippen molar-refractivity contribution in [2.24, 2.45) is 0 Å². The maximum absolute atomic E-state index is 11.5. The van der Waals surface area contributed by atoms with Gasteiger partial charge in [-0.1, -0.05) is 42.5 Å². The van der Waals surface area contributed by atoms with Gasteiger partial charge in [0.05, 0.1) is 5.56 Å². The number of benzene rings is 3. The van der Waals surface area contributed by atoms with Crippen LogP contribution in [0.2, 0.25) is 0 Å². The van der Waals surface area contributed by atoms with Crippen LogP contribution in [0.4, 0.5) is 5.88 Å². The van der Waals surface area contributed by atoms with Gasteiger partial charge in [-0.25, -0.2) is 4.79 Å². The molecule has 0 amide bonds. The fourth-order valence-electron chi connectivity index (χ4n) is 3.00. The van der Waals surface area contributed by atoms with Gasteiger partial charge in [-0.3, -0.25) is 10.1 Å². The average molecular weight is 333 g/mol. The molecule has 3 aromatic carbocycles. The Kier molecular flexibility index (Phi) is 3.25. The van der Waals surface area contributed by atoms with Crippen molar-refractivity contribution in [3.8, 4) is 11.1 Å². The second-order valence-electron chi connectivity index (χ2n) is 5.59. The molecule has 6 nitrogen and oxygen atoms in total. The lowest BCUT2D eigenvalue weighted by molar-refractivity contribution is -0.400. The van der Waals surface area contributed by atoms with Gasteiger partial charge in [0.15, 0.2) is 0 Å². The highest BCUT2D eigenvalue weighted by Crippen LogP contribution is 2.42. The van der Waals surface area contributed by atoms with Crippen LogP contribution in [-0.2, 0) is 0 Å². The van der Waals surface area contributed by atoms with Crippen molar-refractivity contribution in [2.75, 3.05) is 0 Å². The highest BCUT2D eigenvalue weighted by Gasteiger charge is 2.26. The molecule has 1 aromatic heterocycles. The number of hydrogen-bond donors (Lipinski definition) is 1. The van der Waals surface area contributed by atoms with Gasteiger partial charge in [0.25, 0.3) is 0 Å². The second kappa shape index (κ2) is 5.45. The van der Waals surface area contributed by atoms with Gasteiger partial charge in [-0.2, -0.15) is 0 Å². The first-order valence-electron chi connectivity index (χ1n) is 7.48. The lowest BCUT2D eigenvalue weighted by Gasteiger charge is -2.01. The van der Waals surface area contributed by atoms with Gasteiger partial charge in [0.1, 0.15) is 16.1 Å². The van der Waals surface area contributed by atoms with Crippen LogP contribution >= 0.6 is 0 Å². The summed E-state index contributed by atoms with van der Waals surface area (Å²) >= 11 is 0. The molecular formula is C19H11NO5. The molecule has 0 aliphatic heterocycles. The summed E-state index contributed by atoms with van der Waals surface area (Å²) in [6, 6.07) is 17.1. The van der Waals surface area contributed by atoms with Crippen molar-refractivity contribution in [1.29, 1.82) is 0 Å². The van der Waals surface area contributed by atoms with Gasteiger partial charge >= 0.3 is 11.9 Å². The lowest BCUT2D eigenvalue weighted by atomic mass is 10.00. The molecule has 0 aliphatic carbocycles. The van der Waals surface area contributed by atoms with Crippen LogP contribution in [0.1, 0.15) is 10.4 Å². The van der Waals surface area contributed by atoms with E-state index in [1.54, 1.807) is 18.2 Å². The minimum Gasteiger partial charge on any atom is -0.478 e. The SMILES string of the molecule is O=C(O)c1ccc(-c2c([N+](=O)[O-])oc3c2ccc2ccccc23)cc1. The van der Waals surface area contributed by atoms with Crippen molar-refractivity contribution in [2.45, 2.75) is 0 Å². The summed E-state index contributed by atoms with van der Waals surface area (Å²) in [5, 5.41) is 22.8. The number of carboxylic acid groups (broad SMARTS) is 1. The Labute approximate surface area is 141 Å². The van der Waals surface area contributed by atoms with E-state index < -0.39 is 10.9 Å². The highest BCUT2D eigenvalue weighted by molar-refractivity contribution is 6.11. The molecular weight excluding hydrogens is 322 g/mol. The predicted molar refractivity (Wildman–Crippen MR) is 92.8 cm³/mol. The maximum atomic E-state index is 11.5. The minimum absolute atomic E-state index is 0.115.